The van der Waals surface area contributed by atoms with Gasteiger partial charge in [0, 0.05) is 46.7 Å². The van der Waals surface area contributed by atoms with Gasteiger partial charge in [-0.2, -0.15) is 0 Å². The Bertz CT molecular complexity index is 1110. The van der Waals surface area contributed by atoms with Gasteiger partial charge in [0.15, 0.2) is 6.29 Å². The molecule has 6 rings (SSSR count). The Hall–Kier alpha value is -1.82. The zero-order chi connectivity index (χ0) is 28.7. The molecule has 10 heteroatoms. The maximum Gasteiger partial charge on any atom is 0.316 e. The van der Waals surface area contributed by atoms with Gasteiger partial charge in [-0.05, 0) is 43.6 Å². The van der Waals surface area contributed by atoms with E-state index in [0.717, 1.165) is 12.0 Å². The molecule has 4 aliphatic carbocycles. The fourth-order valence-corrected chi connectivity index (χ4v) is 9.80. The van der Waals surface area contributed by atoms with E-state index in [9.17, 15) is 9.59 Å². The second-order valence-electron chi connectivity index (χ2n) is 12.7. The Morgan fingerprint density at radius 1 is 1.10 bits per heavy atom. The molecule has 0 aromatic carbocycles. The zero-order valence-electron chi connectivity index (χ0n) is 24.3. The van der Waals surface area contributed by atoms with Crippen LogP contribution in [0.5, 0.6) is 0 Å². The first-order valence-electron chi connectivity index (χ1n) is 14.2. The molecular formula is C30H42O10. The van der Waals surface area contributed by atoms with E-state index in [-0.39, 0.29) is 23.8 Å². The van der Waals surface area contributed by atoms with Gasteiger partial charge in [-0.1, -0.05) is 18.7 Å². The fourth-order valence-electron chi connectivity index (χ4n) is 9.80. The van der Waals surface area contributed by atoms with E-state index in [1.165, 1.54) is 7.11 Å². The Balaban J connectivity index is 1.37. The summed E-state index contributed by atoms with van der Waals surface area (Å²) in [4.78, 5) is 26.9. The standard InChI is InChI=1S/C30H42O10/c1-16-13-28-15-29(16,39-25-22(36-6)21(35-5)20(34-4)17(38-25)14-33-3)12-9-18(28)30-11-8-10-27(2,26(32)40-30)23(30)19(28)24(31)37-7/h8,10,17-23,25H,1,9,11-15H2,2-7H3/t17-,18-,19-,20-,21+,22-,23-,25+,27?,28+,29+,30-/m1/s1. The monoisotopic (exact) mass is 562 g/mol. The number of carbonyl (C=O) groups excluding carboxylic acids is 2. The first-order chi connectivity index (χ1) is 19.1. The summed E-state index contributed by atoms with van der Waals surface area (Å²) in [7, 11) is 7.87. The number of esters is 2. The van der Waals surface area contributed by atoms with E-state index in [4.69, 9.17) is 37.9 Å². The van der Waals surface area contributed by atoms with Gasteiger partial charge in [0.25, 0.3) is 0 Å². The Morgan fingerprint density at radius 2 is 1.82 bits per heavy atom. The van der Waals surface area contributed by atoms with Crippen molar-refractivity contribution in [3.63, 3.8) is 0 Å². The minimum absolute atomic E-state index is 0.0165. The smallest absolute Gasteiger partial charge is 0.316 e. The molecule has 0 amide bonds. The van der Waals surface area contributed by atoms with Crippen LogP contribution in [0.15, 0.2) is 24.3 Å². The summed E-state index contributed by atoms with van der Waals surface area (Å²) in [6.07, 6.45) is 4.47. The molecule has 1 unspecified atom stereocenters. The van der Waals surface area contributed by atoms with Crippen molar-refractivity contribution in [2.75, 3.05) is 42.2 Å². The van der Waals surface area contributed by atoms with Crippen LogP contribution >= 0.6 is 0 Å². The molecule has 0 aromatic heterocycles. The summed E-state index contributed by atoms with van der Waals surface area (Å²) < 4.78 is 48.1. The molecule has 4 bridgehead atoms. The molecule has 0 aromatic rings. The van der Waals surface area contributed by atoms with Gasteiger partial charge in [-0.3, -0.25) is 9.59 Å². The van der Waals surface area contributed by atoms with Crippen molar-refractivity contribution in [3.8, 4) is 0 Å². The number of fused-ring (bicyclic) bond motifs is 1. The number of carbonyl (C=O) groups is 2. The first-order valence-corrected chi connectivity index (χ1v) is 14.2. The Kier molecular flexibility index (Phi) is 6.80. The molecule has 2 heterocycles. The van der Waals surface area contributed by atoms with E-state index in [0.29, 0.717) is 32.3 Å². The van der Waals surface area contributed by atoms with E-state index >= 15 is 0 Å². The quantitative estimate of drug-likeness (QED) is 0.324. The minimum Gasteiger partial charge on any atom is -0.469 e. The van der Waals surface area contributed by atoms with Gasteiger partial charge in [0.2, 0.25) is 0 Å². The van der Waals surface area contributed by atoms with Crippen molar-refractivity contribution in [3.05, 3.63) is 24.3 Å². The van der Waals surface area contributed by atoms with Crippen molar-refractivity contribution >= 4 is 11.9 Å². The van der Waals surface area contributed by atoms with Crippen molar-refractivity contribution in [2.45, 2.75) is 80.9 Å². The zero-order valence-corrected chi connectivity index (χ0v) is 24.3. The molecule has 10 nitrogen and oxygen atoms in total. The molecule has 222 valence electrons. The van der Waals surface area contributed by atoms with Gasteiger partial charge >= 0.3 is 11.9 Å². The van der Waals surface area contributed by atoms with E-state index < -0.39 is 58.7 Å². The Labute approximate surface area is 235 Å². The number of hydrogen-bond donors (Lipinski definition) is 0. The molecule has 0 radical (unpaired) electrons. The highest BCUT2D eigenvalue weighted by atomic mass is 16.7. The second-order valence-corrected chi connectivity index (χ2v) is 12.7. The summed E-state index contributed by atoms with van der Waals surface area (Å²) in [5, 5.41) is 0. The van der Waals surface area contributed by atoms with Crippen molar-refractivity contribution in [2.24, 2.45) is 28.6 Å². The summed E-state index contributed by atoms with van der Waals surface area (Å²) >= 11 is 0. The lowest BCUT2D eigenvalue weighted by Crippen LogP contribution is -2.63. The first kappa shape index (κ1) is 28.3. The number of ether oxygens (including phenoxy) is 8. The predicted octanol–water partition coefficient (Wildman–Crippen LogP) is 2.59. The summed E-state index contributed by atoms with van der Waals surface area (Å²) in [6, 6.07) is 0. The number of rotatable bonds is 8. The third kappa shape index (κ3) is 3.43. The fraction of sp³-hybridized carbons (Fsp3) is 0.800. The minimum atomic E-state index is -0.876. The summed E-state index contributed by atoms with van der Waals surface area (Å²) in [5.74, 6) is -1.39. The second kappa shape index (κ2) is 9.61. The number of hydrogen-bond acceptors (Lipinski definition) is 10. The van der Waals surface area contributed by atoms with Gasteiger partial charge in [0.1, 0.15) is 30.0 Å². The van der Waals surface area contributed by atoms with Crippen LogP contribution in [0, 0.1) is 28.6 Å². The van der Waals surface area contributed by atoms with E-state index in [2.05, 4.69) is 12.7 Å². The van der Waals surface area contributed by atoms with Crippen LogP contribution in [-0.2, 0) is 47.5 Å². The average Bonchev–Trinajstić information content (AvgIpc) is 3.35. The lowest BCUT2D eigenvalue weighted by atomic mass is 9.62. The van der Waals surface area contributed by atoms with Crippen molar-refractivity contribution in [1.82, 2.24) is 0 Å². The van der Waals surface area contributed by atoms with Crippen LogP contribution in [0.1, 0.15) is 39.0 Å². The Morgan fingerprint density at radius 3 is 2.48 bits per heavy atom. The van der Waals surface area contributed by atoms with E-state index in [1.807, 2.05) is 13.0 Å². The molecule has 2 saturated heterocycles. The van der Waals surface area contributed by atoms with Gasteiger partial charge in [-0.15, -0.1) is 0 Å². The van der Waals surface area contributed by atoms with Gasteiger partial charge < -0.3 is 37.9 Å². The normalized spacial score (nSPS) is 50.5. The van der Waals surface area contributed by atoms with Crippen LogP contribution in [0.25, 0.3) is 0 Å². The largest absolute Gasteiger partial charge is 0.469 e. The molecule has 12 atom stereocenters. The van der Waals surface area contributed by atoms with Gasteiger partial charge in [0.05, 0.1) is 30.7 Å². The third-order valence-electron chi connectivity index (χ3n) is 11.2. The van der Waals surface area contributed by atoms with Crippen LogP contribution in [0.3, 0.4) is 0 Å². The SMILES string of the molecule is C=C1C[C@]23C[C@@]1(O[C@@H]1O[C@H](COC)[C@@H](OC)[C@H](OC)[C@H]1OC)CC[C@H]2[C@@]12CC=CC(C)(C(=O)O1)[C@H]2[C@@H]3C(=O)OC. The molecule has 1 spiro atoms. The lowest BCUT2D eigenvalue weighted by molar-refractivity contribution is -0.335. The highest BCUT2D eigenvalue weighted by molar-refractivity contribution is 5.87. The highest BCUT2D eigenvalue weighted by Crippen LogP contribution is 2.78. The molecule has 40 heavy (non-hydrogen) atoms. The molecule has 6 aliphatic rings. The summed E-state index contributed by atoms with van der Waals surface area (Å²) in [6.45, 7) is 6.71. The third-order valence-corrected chi connectivity index (χ3v) is 11.2. The van der Waals surface area contributed by atoms with Gasteiger partial charge in [-0.25, -0.2) is 0 Å². The van der Waals surface area contributed by atoms with Crippen LogP contribution in [-0.4, -0.2) is 96.0 Å². The van der Waals surface area contributed by atoms with Crippen LogP contribution < -0.4 is 0 Å². The van der Waals surface area contributed by atoms with Crippen molar-refractivity contribution in [1.29, 1.82) is 0 Å². The molecule has 5 fully saturated rings. The predicted molar refractivity (Wildman–Crippen MR) is 140 cm³/mol. The summed E-state index contributed by atoms with van der Waals surface area (Å²) in [5.41, 5.74) is -1.95. The van der Waals surface area contributed by atoms with E-state index in [1.54, 1.807) is 28.4 Å². The average molecular weight is 563 g/mol. The van der Waals surface area contributed by atoms with Crippen LogP contribution in [0.2, 0.25) is 0 Å². The maximum absolute atomic E-state index is 13.7. The molecular weight excluding hydrogens is 520 g/mol. The number of methoxy groups -OCH3 is 5. The lowest BCUT2D eigenvalue weighted by Gasteiger charge is -2.50. The van der Waals surface area contributed by atoms with Crippen molar-refractivity contribution < 1.29 is 47.5 Å². The molecule has 0 N–H and O–H groups in total. The molecule has 2 aliphatic heterocycles. The maximum atomic E-state index is 13.7. The topological polar surface area (TPSA) is 108 Å². The van der Waals surface area contributed by atoms with Crippen LogP contribution in [0.4, 0.5) is 0 Å². The molecule has 3 saturated carbocycles. The highest BCUT2D eigenvalue weighted by Gasteiger charge is 2.83.